The number of hydrogen-bond donors (Lipinski definition) is 2. The van der Waals surface area contributed by atoms with E-state index in [1.54, 1.807) is 0 Å². The first kappa shape index (κ1) is 23.5. The molecular formula is C22H23F3N4O2S. The monoisotopic (exact) mass is 464 g/mol. The van der Waals surface area contributed by atoms with E-state index in [9.17, 15) is 18.0 Å². The van der Waals surface area contributed by atoms with Crippen molar-refractivity contribution in [2.75, 3.05) is 25.0 Å². The Bertz CT molecular complexity index is 1020. The van der Waals surface area contributed by atoms with Crippen molar-refractivity contribution in [3.05, 3.63) is 59.2 Å². The van der Waals surface area contributed by atoms with Crippen LogP contribution in [0.25, 0.3) is 10.6 Å². The predicted octanol–water partition coefficient (Wildman–Crippen LogP) is 4.78. The van der Waals surface area contributed by atoms with Crippen LogP contribution in [0.2, 0.25) is 0 Å². The number of anilines is 1. The predicted molar refractivity (Wildman–Crippen MR) is 118 cm³/mol. The number of halogens is 3. The summed E-state index contributed by atoms with van der Waals surface area (Å²) >= 11 is 1.46. The van der Waals surface area contributed by atoms with Crippen LogP contribution in [0.1, 0.15) is 24.6 Å². The third-order valence-corrected chi connectivity index (χ3v) is 5.31. The Morgan fingerprint density at radius 2 is 1.97 bits per heavy atom. The molecule has 2 N–H and O–H groups in total. The molecule has 0 spiro atoms. The topological polar surface area (TPSA) is 76.1 Å². The van der Waals surface area contributed by atoms with E-state index >= 15 is 0 Å². The molecule has 3 rings (SSSR count). The molecule has 32 heavy (non-hydrogen) atoms. The molecule has 0 radical (unpaired) electrons. The molecule has 0 aliphatic carbocycles. The third-order valence-electron chi connectivity index (χ3n) is 4.38. The highest BCUT2D eigenvalue weighted by Crippen LogP contribution is 2.32. The number of aromatic nitrogens is 2. The van der Waals surface area contributed by atoms with Gasteiger partial charge in [0.25, 0.3) is 0 Å². The highest BCUT2D eigenvalue weighted by atomic mass is 32.1. The van der Waals surface area contributed by atoms with E-state index in [0.29, 0.717) is 37.6 Å². The Kier molecular flexibility index (Phi) is 8.04. The van der Waals surface area contributed by atoms with Gasteiger partial charge in [0.1, 0.15) is 16.6 Å². The lowest BCUT2D eigenvalue weighted by molar-refractivity contribution is -0.137. The van der Waals surface area contributed by atoms with Crippen molar-refractivity contribution in [3.8, 4) is 16.3 Å². The van der Waals surface area contributed by atoms with Gasteiger partial charge in [0, 0.05) is 24.7 Å². The molecule has 0 bridgehead atoms. The summed E-state index contributed by atoms with van der Waals surface area (Å²) in [6, 6.07) is 9.91. The summed E-state index contributed by atoms with van der Waals surface area (Å²) in [7, 11) is 0. The van der Waals surface area contributed by atoms with E-state index in [1.807, 2.05) is 36.6 Å². The maximum Gasteiger partial charge on any atom is 0.417 e. The number of ether oxygens (including phenoxy) is 1. The molecule has 3 aromatic rings. The van der Waals surface area contributed by atoms with Crippen LogP contribution >= 0.6 is 11.3 Å². The summed E-state index contributed by atoms with van der Waals surface area (Å²) in [5.74, 6) is 0.967. The molecule has 0 unspecified atom stereocenters. The van der Waals surface area contributed by atoms with Gasteiger partial charge in [-0.05, 0) is 37.6 Å². The molecule has 0 aliphatic rings. The highest BCUT2D eigenvalue weighted by molar-refractivity contribution is 7.13. The molecule has 10 heteroatoms. The summed E-state index contributed by atoms with van der Waals surface area (Å²) in [6.45, 7) is 3.37. The van der Waals surface area contributed by atoms with Crippen molar-refractivity contribution in [2.45, 2.75) is 25.9 Å². The van der Waals surface area contributed by atoms with Crippen LogP contribution in [0.5, 0.6) is 5.75 Å². The van der Waals surface area contributed by atoms with Crippen LogP contribution in [0, 0.1) is 0 Å². The number of nitrogens with zero attached hydrogens (tertiary/aromatic N) is 2. The van der Waals surface area contributed by atoms with Gasteiger partial charge >= 0.3 is 6.18 Å². The van der Waals surface area contributed by atoms with Crippen LogP contribution in [0.3, 0.4) is 0 Å². The largest absolute Gasteiger partial charge is 0.493 e. The fourth-order valence-electron chi connectivity index (χ4n) is 2.86. The van der Waals surface area contributed by atoms with Crippen molar-refractivity contribution < 1.29 is 22.7 Å². The van der Waals surface area contributed by atoms with Gasteiger partial charge in [-0.15, -0.1) is 11.3 Å². The Labute approximate surface area is 187 Å². The van der Waals surface area contributed by atoms with E-state index in [1.165, 1.54) is 17.4 Å². The van der Waals surface area contributed by atoms with E-state index in [-0.39, 0.29) is 12.3 Å². The van der Waals surface area contributed by atoms with Crippen molar-refractivity contribution in [1.29, 1.82) is 0 Å². The minimum Gasteiger partial charge on any atom is -0.493 e. The molecule has 1 amide bonds. The number of alkyl halides is 3. The number of hydrogen-bond acceptors (Lipinski definition) is 6. The molecule has 0 fully saturated rings. The van der Waals surface area contributed by atoms with Gasteiger partial charge in [0.2, 0.25) is 5.91 Å². The number of nitrogens with one attached hydrogen (secondary N) is 2. The normalized spacial score (nSPS) is 11.2. The lowest BCUT2D eigenvalue weighted by Crippen LogP contribution is -2.27. The summed E-state index contributed by atoms with van der Waals surface area (Å²) in [5.41, 5.74) is 0.789. The second-order valence-corrected chi connectivity index (χ2v) is 7.67. The van der Waals surface area contributed by atoms with Crippen LogP contribution in [-0.2, 0) is 17.4 Å². The Morgan fingerprint density at radius 3 is 2.69 bits per heavy atom. The Balaban J connectivity index is 1.40. The van der Waals surface area contributed by atoms with Gasteiger partial charge < -0.3 is 15.4 Å². The lowest BCUT2D eigenvalue weighted by atomic mass is 10.2. The van der Waals surface area contributed by atoms with Crippen molar-refractivity contribution in [2.24, 2.45) is 0 Å². The molecule has 0 atom stereocenters. The van der Waals surface area contributed by atoms with Gasteiger partial charge in [-0.3, -0.25) is 4.79 Å². The number of benzene rings is 1. The van der Waals surface area contributed by atoms with Crippen LogP contribution in [-0.4, -0.2) is 35.6 Å². The molecule has 170 valence electrons. The van der Waals surface area contributed by atoms with Crippen molar-refractivity contribution >= 4 is 23.1 Å². The molecule has 0 saturated heterocycles. The molecule has 6 nitrogen and oxygen atoms in total. The maximum atomic E-state index is 12.5. The SMILES string of the molecule is CCOc1ccccc1-c1nc(CC(=O)NCCCNc2ccc(C(F)(F)F)cn2)cs1. The number of rotatable bonds is 10. The van der Waals surface area contributed by atoms with E-state index in [2.05, 4.69) is 20.6 Å². The molecule has 0 saturated carbocycles. The fraction of sp³-hybridized carbons (Fsp3) is 0.318. The van der Waals surface area contributed by atoms with Gasteiger partial charge in [-0.25, -0.2) is 9.97 Å². The minimum absolute atomic E-state index is 0.146. The number of para-hydroxylation sites is 1. The Hall–Kier alpha value is -3.14. The average molecular weight is 465 g/mol. The van der Waals surface area contributed by atoms with Crippen molar-refractivity contribution in [1.82, 2.24) is 15.3 Å². The van der Waals surface area contributed by atoms with E-state index in [4.69, 9.17) is 4.74 Å². The van der Waals surface area contributed by atoms with Crippen molar-refractivity contribution in [3.63, 3.8) is 0 Å². The Morgan fingerprint density at radius 1 is 1.16 bits per heavy atom. The third kappa shape index (κ3) is 6.68. The molecule has 2 heterocycles. The standard InChI is InChI=1S/C22H23F3N4O2S/c1-2-31-18-7-4-3-6-17(18)21-29-16(14-32-21)12-20(30)27-11-5-10-26-19-9-8-15(13-28-19)22(23,24)25/h3-4,6-9,13-14H,2,5,10-12H2,1H3,(H,26,28)(H,27,30). The van der Waals surface area contributed by atoms with Crippen LogP contribution < -0.4 is 15.4 Å². The zero-order chi connectivity index (χ0) is 23.0. The fourth-order valence-corrected chi connectivity index (χ4v) is 3.71. The van der Waals surface area contributed by atoms with Gasteiger partial charge in [0.05, 0.1) is 29.8 Å². The number of carbonyl (C=O) groups excluding carboxylic acids is 1. The van der Waals surface area contributed by atoms with Gasteiger partial charge in [-0.2, -0.15) is 13.2 Å². The van der Waals surface area contributed by atoms with Gasteiger partial charge in [0.15, 0.2) is 0 Å². The lowest BCUT2D eigenvalue weighted by Gasteiger charge is -2.09. The van der Waals surface area contributed by atoms with Crippen LogP contribution in [0.15, 0.2) is 48.0 Å². The van der Waals surface area contributed by atoms with E-state index < -0.39 is 11.7 Å². The first-order chi connectivity index (χ1) is 15.4. The number of carbonyl (C=O) groups is 1. The second-order valence-electron chi connectivity index (χ2n) is 6.81. The van der Waals surface area contributed by atoms with E-state index in [0.717, 1.165) is 28.6 Å². The van der Waals surface area contributed by atoms with Crippen LogP contribution in [0.4, 0.5) is 19.0 Å². The average Bonchev–Trinajstić information content (AvgIpc) is 3.22. The summed E-state index contributed by atoms with van der Waals surface area (Å²) in [6.07, 6.45) is -2.85. The zero-order valence-electron chi connectivity index (χ0n) is 17.4. The first-order valence-corrected chi connectivity index (χ1v) is 10.9. The number of pyridine rings is 1. The molecule has 2 aromatic heterocycles. The van der Waals surface area contributed by atoms with Gasteiger partial charge in [-0.1, -0.05) is 12.1 Å². The summed E-state index contributed by atoms with van der Waals surface area (Å²) in [5, 5.41) is 8.40. The molecule has 1 aromatic carbocycles. The summed E-state index contributed by atoms with van der Waals surface area (Å²) in [4.78, 5) is 20.5. The molecule has 0 aliphatic heterocycles. The smallest absolute Gasteiger partial charge is 0.417 e. The quantitative estimate of drug-likeness (QED) is 0.422. The highest BCUT2D eigenvalue weighted by Gasteiger charge is 2.30. The number of thiazole rings is 1. The first-order valence-electron chi connectivity index (χ1n) is 10.1. The number of amides is 1. The maximum absolute atomic E-state index is 12.5. The minimum atomic E-state index is -4.40. The summed E-state index contributed by atoms with van der Waals surface area (Å²) < 4.78 is 43.2. The molecular weight excluding hydrogens is 441 g/mol. The zero-order valence-corrected chi connectivity index (χ0v) is 18.2. The second kappa shape index (κ2) is 10.9.